The number of aryl methyl sites for hydroxylation is 1. The molecule has 0 aliphatic carbocycles. The normalized spacial score (nSPS) is 17.4. The van der Waals surface area contributed by atoms with Crippen LogP contribution in [-0.2, 0) is 15.1 Å². The van der Waals surface area contributed by atoms with Gasteiger partial charge in [-0.05, 0) is 30.2 Å². The molecular formula is C29H25FN2O4. The van der Waals surface area contributed by atoms with Gasteiger partial charge in [-0.2, -0.15) is 0 Å². The molecule has 7 heteroatoms. The van der Waals surface area contributed by atoms with Gasteiger partial charge in [-0.3, -0.25) is 14.3 Å². The summed E-state index contributed by atoms with van der Waals surface area (Å²) in [6, 6.07) is 25.6. The van der Waals surface area contributed by atoms with Crippen molar-refractivity contribution < 1.29 is 13.9 Å². The van der Waals surface area contributed by atoms with E-state index in [1.807, 2.05) is 60.7 Å². The van der Waals surface area contributed by atoms with Crippen LogP contribution in [0.25, 0.3) is 0 Å². The molecule has 0 radical (unpaired) electrons. The number of hydrogen-bond donors (Lipinski definition) is 1. The van der Waals surface area contributed by atoms with Crippen molar-refractivity contribution in [1.82, 2.24) is 9.55 Å². The van der Waals surface area contributed by atoms with Crippen LogP contribution in [0.1, 0.15) is 28.5 Å². The van der Waals surface area contributed by atoms with Crippen LogP contribution in [-0.4, -0.2) is 22.3 Å². The minimum absolute atomic E-state index is 0.0855. The van der Waals surface area contributed by atoms with Gasteiger partial charge in [0.2, 0.25) is 0 Å². The van der Waals surface area contributed by atoms with Gasteiger partial charge in [0.1, 0.15) is 17.5 Å². The Balaban J connectivity index is 1.51. The molecule has 1 N–H and O–H groups in total. The highest BCUT2D eigenvalue weighted by molar-refractivity contribution is 5.48. The first kappa shape index (κ1) is 23.7. The van der Waals surface area contributed by atoms with E-state index >= 15 is 4.39 Å². The van der Waals surface area contributed by atoms with E-state index in [0.717, 1.165) is 11.1 Å². The van der Waals surface area contributed by atoms with E-state index < -0.39 is 29.2 Å². The van der Waals surface area contributed by atoms with Crippen LogP contribution in [0.4, 0.5) is 4.39 Å². The van der Waals surface area contributed by atoms with E-state index in [9.17, 15) is 9.59 Å². The smallest absolute Gasteiger partial charge is 0.330 e. The Morgan fingerprint density at radius 3 is 2.17 bits per heavy atom. The Hall–Kier alpha value is -4.07. The third-order valence-electron chi connectivity index (χ3n) is 6.30. The van der Waals surface area contributed by atoms with E-state index in [-0.39, 0.29) is 12.4 Å². The van der Waals surface area contributed by atoms with Gasteiger partial charge in [0, 0.05) is 17.3 Å². The monoisotopic (exact) mass is 484 g/mol. The molecule has 0 spiro atoms. The maximum atomic E-state index is 15.4. The SMILES string of the molecule is Cc1cn([C@H]2C=C[C@@H](COC(c3ccccc3)(c3ccccc3)c3ccccc3F)O2)c(=O)[nH]c1=O. The molecule has 36 heavy (non-hydrogen) atoms. The molecular weight excluding hydrogens is 459 g/mol. The highest BCUT2D eigenvalue weighted by atomic mass is 19.1. The van der Waals surface area contributed by atoms with Crippen molar-refractivity contribution in [2.45, 2.75) is 24.9 Å². The lowest BCUT2D eigenvalue weighted by molar-refractivity contribution is -0.0694. The maximum Gasteiger partial charge on any atom is 0.330 e. The number of benzene rings is 3. The Labute approximate surface area is 207 Å². The minimum atomic E-state index is -1.24. The average Bonchev–Trinajstić information content (AvgIpc) is 3.37. The van der Waals surface area contributed by atoms with Gasteiger partial charge in [0.05, 0.1) is 6.61 Å². The first-order valence-corrected chi connectivity index (χ1v) is 11.6. The Morgan fingerprint density at radius 2 is 1.53 bits per heavy atom. The molecule has 182 valence electrons. The first-order chi connectivity index (χ1) is 17.5. The van der Waals surface area contributed by atoms with E-state index in [0.29, 0.717) is 11.1 Å². The van der Waals surface area contributed by atoms with Gasteiger partial charge < -0.3 is 9.47 Å². The van der Waals surface area contributed by atoms with Gasteiger partial charge in [0.25, 0.3) is 5.56 Å². The van der Waals surface area contributed by atoms with Gasteiger partial charge in [-0.15, -0.1) is 0 Å². The molecule has 6 nitrogen and oxygen atoms in total. The van der Waals surface area contributed by atoms with Crippen molar-refractivity contribution in [3.63, 3.8) is 0 Å². The number of nitrogens with zero attached hydrogens (tertiary/aromatic N) is 1. The molecule has 0 saturated carbocycles. The van der Waals surface area contributed by atoms with Crippen molar-refractivity contribution in [1.29, 1.82) is 0 Å². The van der Waals surface area contributed by atoms with Crippen LogP contribution >= 0.6 is 0 Å². The van der Waals surface area contributed by atoms with Crippen LogP contribution in [0.3, 0.4) is 0 Å². The number of halogens is 1. The molecule has 0 unspecified atom stereocenters. The second-order valence-electron chi connectivity index (χ2n) is 8.63. The largest absolute Gasteiger partial charge is 0.358 e. The van der Waals surface area contributed by atoms with Crippen molar-refractivity contribution >= 4 is 0 Å². The summed E-state index contributed by atoms with van der Waals surface area (Å²) in [6.45, 7) is 1.71. The molecule has 0 saturated heterocycles. The number of aromatic amines is 1. The van der Waals surface area contributed by atoms with Gasteiger partial charge in [-0.25, -0.2) is 9.18 Å². The fraction of sp³-hybridized carbons (Fsp3) is 0.172. The molecule has 2 atom stereocenters. The Morgan fingerprint density at radius 1 is 0.917 bits per heavy atom. The van der Waals surface area contributed by atoms with Crippen LogP contribution in [0.2, 0.25) is 0 Å². The molecule has 3 aromatic carbocycles. The number of rotatable bonds is 7. The van der Waals surface area contributed by atoms with Crippen LogP contribution in [0.5, 0.6) is 0 Å². The highest BCUT2D eigenvalue weighted by Gasteiger charge is 2.40. The summed E-state index contributed by atoms with van der Waals surface area (Å²) in [6.07, 6.45) is 3.81. The van der Waals surface area contributed by atoms with Crippen molar-refractivity contribution in [3.05, 3.63) is 152 Å². The maximum absolute atomic E-state index is 15.4. The topological polar surface area (TPSA) is 73.3 Å². The zero-order valence-corrected chi connectivity index (χ0v) is 19.6. The van der Waals surface area contributed by atoms with Gasteiger partial charge in [-0.1, -0.05) is 84.9 Å². The van der Waals surface area contributed by atoms with Crippen molar-refractivity contribution in [2.24, 2.45) is 0 Å². The molecule has 1 aromatic heterocycles. The molecule has 2 heterocycles. The first-order valence-electron chi connectivity index (χ1n) is 11.6. The fourth-order valence-corrected chi connectivity index (χ4v) is 4.54. The van der Waals surface area contributed by atoms with Crippen LogP contribution in [0.15, 0.2) is 113 Å². The molecule has 5 rings (SSSR count). The second kappa shape index (κ2) is 9.89. The van der Waals surface area contributed by atoms with E-state index in [1.165, 1.54) is 16.8 Å². The lowest BCUT2D eigenvalue weighted by Gasteiger charge is -2.36. The zero-order valence-electron chi connectivity index (χ0n) is 19.6. The third-order valence-corrected chi connectivity index (χ3v) is 6.30. The van der Waals surface area contributed by atoms with E-state index in [2.05, 4.69) is 4.98 Å². The standard InChI is InChI=1S/C29H25FN2O4/c1-20-18-32(28(34)31-27(20)33)26-17-16-23(36-26)19-35-29(21-10-4-2-5-11-21,22-12-6-3-7-13-22)24-14-8-9-15-25(24)30/h2-18,23,26H,19H2,1H3,(H,31,33,34)/t23-,26+/m0/s1. The predicted octanol–water partition coefficient (Wildman–Crippen LogP) is 4.45. The fourth-order valence-electron chi connectivity index (χ4n) is 4.54. The number of ether oxygens (including phenoxy) is 2. The number of nitrogens with one attached hydrogen (secondary N) is 1. The Bertz CT molecular complexity index is 1460. The third kappa shape index (κ3) is 4.34. The summed E-state index contributed by atoms with van der Waals surface area (Å²) < 4.78 is 29.4. The highest BCUT2D eigenvalue weighted by Crippen LogP contribution is 2.42. The van der Waals surface area contributed by atoms with E-state index in [4.69, 9.17) is 9.47 Å². The summed E-state index contributed by atoms with van der Waals surface area (Å²) in [5.41, 5.74) is 0.0924. The van der Waals surface area contributed by atoms with Crippen molar-refractivity contribution in [2.75, 3.05) is 6.61 Å². The van der Waals surface area contributed by atoms with Gasteiger partial charge >= 0.3 is 5.69 Å². The molecule has 0 amide bonds. The van der Waals surface area contributed by atoms with Crippen LogP contribution < -0.4 is 11.2 Å². The summed E-state index contributed by atoms with van der Waals surface area (Å²) in [4.78, 5) is 26.3. The molecule has 0 bridgehead atoms. The Kier molecular flexibility index (Phi) is 6.50. The molecule has 1 aliphatic heterocycles. The predicted molar refractivity (Wildman–Crippen MR) is 134 cm³/mol. The van der Waals surface area contributed by atoms with Crippen LogP contribution in [0, 0.1) is 12.7 Å². The van der Waals surface area contributed by atoms with Crippen molar-refractivity contribution in [3.8, 4) is 0 Å². The summed E-state index contributed by atoms with van der Waals surface area (Å²) in [7, 11) is 0. The second-order valence-corrected chi connectivity index (χ2v) is 8.63. The summed E-state index contributed by atoms with van der Waals surface area (Å²) in [5.74, 6) is -0.388. The summed E-state index contributed by atoms with van der Waals surface area (Å²) >= 11 is 0. The lowest BCUT2D eigenvalue weighted by Crippen LogP contribution is -2.37. The molecule has 0 fully saturated rings. The number of H-pyrrole nitrogens is 1. The van der Waals surface area contributed by atoms with E-state index in [1.54, 1.807) is 37.3 Å². The summed E-state index contributed by atoms with van der Waals surface area (Å²) in [5, 5.41) is 0. The quantitative estimate of drug-likeness (QED) is 0.311. The molecule has 1 aliphatic rings. The zero-order chi connectivity index (χ0) is 25.1. The van der Waals surface area contributed by atoms with Gasteiger partial charge in [0.15, 0.2) is 6.23 Å². The average molecular weight is 485 g/mol. The number of aromatic nitrogens is 2. The number of hydrogen-bond acceptors (Lipinski definition) is 4. The lowest BCUT2D eigenvalue weighted by atomic mass is 9.79. The molecule has 4 aromatic rings. The minimum Gasteiger partial charge on any atom is -0.358 e.